The number of carbonyl (C=O) groups is 2. The number of nitrogens with one attached hydrogen (secondary N) is 2. The van der Waals surface area contributed by atoms with Crippen LogP contribution in [0.15, 0.2) is 48.5 Å². The summed E-state index contributed by atoms with van der Waals surface area (Å²) < 4.78 is 10.6. The molecule has 0 saturated heterocycles. The van der Waals surface area contributed by atoms with Crippen molar-refractivity contribution in [2.45, 2.75) is 12.5 Å². The molecular weight excluding hydrogens is 320 g/mol. The fourth-order valence-corrected chi connectivity index (χ4v) is 2.69. The first kappa shape index (κ1) is 17.0. The van der Waals surface area contributed by atoms with Gasteiger partial charge < -0.3 is 20.1 Å². The summed E-state index contributed by atoms with van der Waals surface area (Å²) in [5, 5.41) is 5.55. The van der Waals surface area contributed by atoms with Gasteiger partial charge >= 0.3 is 0 Å². The molecule has 130 valence electrons. The minimum absolute atomic E-state index is 0.261. The van der Waals surface area contributed by atoms with Crippen LogP contribution in [0.1, 0.15) is 15.9 Å². The molecule has 1 aliphatic rings. The third-order valence-electron chi connectivity index (χ3n) is 3.96. The lowest BCUT2D eigenvalue weighted by Gasteiger charge is -2.14. The molecule has 3 rings (SSSR count). The summed E-state index contributed by atoms with van der Waals surface area (Å²) in [5.74, 6) is 0.199. The quantitative estimate of drug-likeness (QED) is 0.789. The topological polar surface area (TPSA) is 76.7 Å². The number of hydrogen-bond donors (Lipinski definition) is 2. The molecule has 0 aromatic heterocycles. The normalized spacial score (nSPS) is 15.2. The summed E-state index contributed by atoms with van der Waals surface area (Å²) in [6, 6.07) is 14.5. The van der Waals surface area contributed by atoms with Crippen molar-refractivity contribution in [3.05, 3.63) is 59.7 Å². The van der Waals surface area contributed by atoms with Gasteiger partial charge in [-0.15, -0.1) is 0 Å². The van der Waals surface area contributed by atoms with Crippen LogP contribution >= 0.6 is 0 Å². The number of rotatable bonds is 6. The minimum atomic E-state index is -0.595. The number of para-hydroxylation sites is 2. The molecule has 1 unspecified atom stereocenters. The Morgan fingerprint density at radius 3 is 2.72 bits per heavy atom. The van der Waals surface area contributed by atoms with Crippen molar-refractivity contribution >= 4 is 17.5 Å². The number of methoxy groups -OCH3 is 1. The maximum atomic E-state index is 12.5. The number of amides is 2. The van der Waals surface area contributed by atoms with Crippen molar-refractivity contribution in [1.29, 1.82) is 0 Å². The van der Waals surface area contributed by atoms with Crippen molar-refractivity contribution in [2.75, 3.05) is 25.6 Å². The Morgan fingerprint density at radius 2 is 1.92 bits per heavy atom. The van der Waals surface area contributed by atoms with Crippen molar-refractivity contribution in [1.82, 2.24) is 5.32 Å². The summed E-state index contributed by atoms with van der Waals surface area (Å²) in [4.78, 5) is 24.8. The molecule has 0 fully saturated rings. The van der Waals surface area contributed by atoms with Crippen LogP contribution in [0.5, 0.6) is 5.75 Å². The van der Waals surface area contributed by atoms with Crippen LogP contribution in [0.4, 0.5) is 5.69 Å². The SMILES string of the molecule is COCCNC(=O)c1ccccc1NC(=O)C1Cc2ccccc2O1. The monoisotopic (exact) mass is 340 g/mol. The fraction of sp³-hybridized carbons (Fsp3) is 0.263. The van der Waals surface area contributed by atoms with Gasteiger partial charge in [-0.05, 0) is 23.8 Å². The Labute approximate surface area is 146 Å². The van der Waals surface area contributed by atoms with Gasteiger partial charge in [0.15, 0.2) is 6.10 Å². The molecule has 1 heterocycles. The van der Waals surface area contributed by atoms with Crippen LogP contribution in [-0.4, -0.2) is 38.2 Å². The zero-order valence-corrected chi connectivity index (χ0v) is 14.0. The van der Waals surface area contributed by atoms with Crippen LogP contribution in [0.25, 0.3) is 0 Å². The van der Waals surface area contributed by atoms with E-state index in [1.165, 1.54) is 0 Å². The standard InChI is InChI=1S/C19H20N2O4/c1-24-11-10-20-18(22)14-7-3-4-8-15(14)21-19(23)17-12-13-6-2-5-9-16(13)25-17/h2-9,17H,10-12H2,1H3,(H,20,22)(H,21,23). The molecule has 0 aliphatic carbocycles. The smallest absolute Gasteiger partial charge is 0.265 e. The summed E-state index contributed by atoms with van der Waals surface area (Å²) in [7, 11) is 1.57. The van der Waals surface area contributed by atoms with Gasteiger partial charge in [-0.25, -0.2) is 0 Å². The van der Waals surface area contributed by atoms with E-state index in [4.69, 9.17) is 9.47 Å². The first-order valence-corrected chi connectivity index (χ1v) is 8.10. The zero-order valence-electron chi connectivity index (χ0n) is 14.0. The van der Waals surface area contributed by atoms with E-state index in [9.17, 15) is 9.59 Å². The number of hydrogen-bond acceptors (Lipinski definition) is 4. The second-order valence-corrected chi connectivity index (χ2v) is 5.70. The van der Waals surface area contributed by atoms with E-state index in [1.807, 2.05) is 24.3 Å². The molecule has 2 amide bonds. The number of fused-ring (bicyclic) bond motifs is 1. The summed E-state index contributed by atoms with van der Waals surface area (Å²) >= 11 is 0. The Kier molecular flexibility index (Phi) is 5.30. The molecule has 2 aromatic carbocycles. The first-order valence-electron chi connectivity index (χ1n) is 8.10. The number of anilines is 1. The molecule has 2 aromatic rings. The highest BCUT2D eigenvalue weighted by Gasteiger charge is 2.29. The number of carbonyl (C=O) groups excluding carboxylic acids is 2. The van der Waals surface area contributed by atoms with Crippen LogP contribution in [0.3, 0.4) is 0 Å². The highest BCUT2D eigenvalue weighted by molar-refractivity contribution is 6.04. The van der Waals surface area contributed by atoms with Crippen LogP contribution in [-0.2, 0) is 16.0 Å². The summed E-state index contributed by atoms with van der Waals surface area (Å²) in [5.41, 5.74) is 1.87. The minimum Gasteiger partial charge on any atom is -0.480 e. The summed E-state index contributed by atoms with van der Waals surface area (Å²) in [6.45, 7) is 0.826. The third kappa shape index (κ3) is 3.97. The van der Waals surface area contributed by atoms with Crippen molar-refractivity contribution < 1.29 is 19.1 Å². The predicted molar refractivity (Wildman–Crippen MR) is 93.8 cm³/mol. The molecule has 6 nitrogen and oxygen atoms in total. The van der Waals surface area contributed by atoms with Crippen LogP contribution in [0.2, 0.25) is 0 Å². The van der Waals surface area contributed by atoms with Crippen LogP contribution < -0.4 is 15.4 Å². The lowest BCUT2D eigenvalue weighted by molar-refractivity contribution is -0.122. The van der Waals surface area contributed by atoms with E-state index in [0.717, 1.165) is 11.3 Å². The average molecular weight is 340 g/mol. The van der Waals surface area contributed by atoms with Crippen molar-refractivity contribution in [3.63, 3.8) is 0 Å². The number of benzene rings is 2. The van der Waals surface area contributed by atoms with E-state index >= 15 is 0 Å². The van der Waals surface area contributed by atoms with E-state index in [0.29, 0.717) is 30.8 Å². The van der Waals surface area contributed by atoms with Gasteiger partial charge in [-0.1, -0.05) is 30.3 Å². The van der Waals surface area contributed by atoms with Crippen LogP contribution in [0, 0.1) is 0 Å². The zero-order chi connectivity index (χ0) is 17.6. The van der Waals surface area contributed by atoms with Gasteiger partial charge in [0.05, 0.1) is 17.9 Å². The largest absolute Gasteiger partial charge is 0.480 e. The van der Waals surface area contributed by atoms with Gasteiger partial charge in [0.1, 0.15) is 5.75 Å². The van der Waals surface area contributed by atoms with Gasteiger partial charge in [0.2, 0.25) is 0 Å². The third-order valence-corrected chi connectivity index (χ3v) is 3.96. The maximum Gasteiger partial charge on any atom is 0.265 e. The fourth-order valence-electron chi connectivity index (χ4n) is 2.69. The Balaban J connectivity index is 1.67. The molecule has 0 radical (unpaired) electrons. The van der Waals surface area contributed by atoms with Gasteiger partial charge in [0.25, 0.3) is 11.8 Å². The van der Waals surface area contributed by atoms with Gasteiger partial charge in [-0.3, -0.25) is 9.59 Å². The second kappa shape index (κ2) is 7.81. The lowest BCUT2D eigenvalue weighted by Crippen LogP contribution is -2.33. The highest BCUT2D eigenvalue weighted by atomic mass is 16.5. The Hall–Kier alpha value is -2.86. The summed E-state index contributed by atoms with van der Waals surface area (Å²) in [6.07, 6.45) is -0.0773. The second-order valence-electron chi connectivity index (χ2n) is 5.70. The van der Waals surface area contributed by atoms with Crippen molar-refractivity contribution in [3.8, 4) is 5.75 Å². The molecule has 25 heavy (non-hydrogen) atoms. The molecular formula is C19H20N2O4. The molecule has 0 bridgehead atoms. The number of ether oxygens (including phenoxy) is 2. The van der Waals surface area contributed by atoms with Gasteiger partial charge in [0, 0.05) is 20.1 Å². The average Bonchev–Trinajstić information content (AvgIpc) is 3.06. The highest BCUT2D eigenvalue weighted by Crippen LogP contribution is 2.29. The Morgan fingerprint density at radius 1 is 1.16 bits per heavy atom. The van der Waals surface area contributed by atoms with E-state index in [1.54, 1.807) is 31.4 Å². The molecule has 6 heteroatoms. The molecule has 1 aliphatic heterocycles. The Bertz CT molecular complexity index is 751. The maximum absolute atomic E-state index is 12.5. The molecule has 2 N–H and O–H groups in total. The predicted octanol–water partition coefficient (Wildman–Crippen LogP) is 2.00. The van der Waals surface area contributed by atoms with Crippen molar-refractivity contribution in [2.24, 2.45) is 0 Å². The van der Waals surface area contributed by atoms with E-state index < -0.39 is 6.10 Å². The molecule has 0 saturated carbocycles. The molecule has 1 atom stereocenters. The lowest BCUT2D eigenvalue weighted by atomic mass is 10.1. The van der Waals surface area contributed by atoms with Gasteiger partial charge in [-0.2, -0.15) is 0 Å². The van der Waals surface area contributed by atoms with E-state index in [-0.39, 0.29) is 11.8 Å². The first-order chi connectivity index (χ1) is 12.2. The molecule has 0 spiro atoms. The van der Waals surface area contributed by atoms with E-state index in [2.05, 4.69) is 10.6 Å².